The van der Waals surface area contributed by atoms with Crippen molar-refractivity contribution in [3.8, 4) is 0 Å². The van der Waals surface area contributed by atoms with Gasteiger partial charge in [0.2, 0.25) is 0 Å². The van der Waals surface area contributed by atoms with Gasteiger partial charge in [-0.25, -0.2) is 0 Å². The van der Waals surface area contributed by atoms with Crippen LogP contribution in [-0.4, -0.2) is 130 Å². The van der Waals surface area contributed by atoms with Crippen LogP contribution in [-0.2, 0) is 18.9 Å². The molecule has 0 aromatic rings. The van der Waals surface area contributed by atoms with Gasteiger partial charge in [-0.1, -0.05) is 0 Å². The Morgan fingerprint density at radius 1 is 0.969 bits per heavy atom. The maximum atomic E-state index is 10.7. The van der Waals surface area contributed by atoms with Crippen molar-refractivity contribution < 1.29 is 49.6 Å². The van der Waals surface area contributed by atoms with Crippen LogP contribution in [0, 0.1) is 0 Å². The van der Waals surface area contributed by atoms with E-state index in [2.05, 4.69) is 0 Å². The predicted octanol–water partition coefficient (Wildman–Crippen LogP) is -5.77. The summed E-state index contributed by atoms with van der Waals surface area (Å²) in [7, 11) is 0. The Balaban J connectivity index is 2.70. The molecule has 32 heavy (non-hydrogen) atoms. The number of hydrogen-bond acceptors (Lipinski definition) is 14. The molecule has 12 atom stereocenters. The fraction of sp³-hybridized carbons (Fsp3) is 1.00. The highest BCUT2D eigenvalue weighted by Gasteiger charge is 2.45. The third-order valence-electron chi connectivity index (χ3n) is 5.43. The minimum Gasteiger partial charge on any atom is -0.394 e. The minimum atomic E-state index is -1.44. The Morgan fingerprint density at radius 3 is 2.09 bits per heavy atom. The summed E-state index contributed by atoms with van der Waals surface area (Å²) in [5.74, 6) is 0. The van der Waals surface area contributed by atoms with E-state index < -0.39 is 79.9 Å². The van der Waals surface area contributed by atoms with Crippen molar-refractivity contribution in [2.45, 2.75) is 87.2 Å². The van der Waals surface area contributed by atoms with Crippen LogP contribution in [0.1, 0.15) is 13.8 Å². The van der Waals surface area contributed by atoms with E-state index in [0.717, 1.165) is 0 Å². The smallest absolute Gasteiger partial charge is 0.186 e. The SMILES string of the molecule is C[C@@H](N)C(OC1O[C@H](CO)C(O)C(N)[C@H]1O)C(O)[C@@H](C)OCOC(CN)[C@@H](O)C(O)CN. The molecule has 192 valence electrons. The molecular weight excluding hydrogens is 432 g/mol. The van der Waals surface area contributed by atoms with E-state index in [1.54, 1.807) is 6.92 Å². The third-order valence-corrected chi connectivity index (χ3v) is 5.43. The second-order valence-electron chi connectivity index (χ2n) is 7.96. The zero-order valence-electron chi connectivity index (χ0n) is 18.4. The molecular formula is C18H40N4O10. The van der Waals surface area contributed by atoms with Crippen LogP contribution < -0.4 is 22.9 Å². The summed E-state index contributed by atoms with van der Waals surface area (Å²) < 4.78 is 21.8. The zero-order chi connectivity index (χ0) is 24.6. The average Bonchev–Trinajstić information content (AvgIpc) is 2.78. The first-order valence-corrected chi connectivity index (χ1v) is 10.5. The number of aliphatic hydroxyl groups excluding tert-OH is 6. The van der Waals surface area contributed by atoms with E-state index >= 15 is 0 Å². The Labute approximate surface area is 187 Å². The fourth-order valence-corrected chi connectivity index (χ4v) is 3.19. The van der Waals surface area contributed by atoms with Gasteiger partial charge >= 0.3 is 0 Å². The second kappa shape index (κ2) is 14.0. The first-order chi connectivity index (χ1) is 15.0. The number of ether oxygens (including phenoxy) is 4. The van der Waals surface area contributed by atoms with Crippen molar-refractivity contribution in [2.75, 3.05) is 26.5 Å². The highest BCUT2D eigenvalue weighted by molar-refractivity contribution is 4.93. The second-order valence-corrected chi connectivity index (χ2v) is 7.96. The summed E-state index contributed by atoms with van der Waals surface area (Å²) in [6.45, 7) is 1.83. The lowest BCUT2D eigenvalue weighted by Crippen LogP contribution is -2.64. The quantitative estimate of drug-likeness (QED) is 0.106. The van der Waals surface area contributed by atoms with Crippen LogP contribution in [0.4, 0.5) is 0 Å². The summed E-state index contributed by atoms with van der Waals surface area (Å²) in [6.07, 6.45) is -12.0. The Hall–Kier alpha value is -0.560. The molecule has 7 unspecified atom stereocenters. The molecule has 1 fully saturated rings. The van der Waals surface area contributed by atoms with Gasteiger partial charge in [-0.2, -0.15) is 0 Å². The molecule has 1 heterocycles. The zero-order valence-corrected chi connectivity index (χ0v) is 18.4. The van der Waals surface area contributed by atoms with Gasteiger partial charge in [0.05, 0.1) is 24.9 Å². The maximum absolute atomic E-state index is 10.7. The molecule has 0 saturated carbocycles. The van der Waals surface area contributed by atoms with Crippen molar-refractivity contribution >= 4 is 0 Å². The van der Waals surface area contributed by atoms with Crippen LogP contribution in [0.15, 0.2) is 0 Å². The lowest BCUT2D eigenvalue weighted by molar-refractivity contribution is -0.302. The topological polar surface area (TPSA) is 262 Å². The molecule has 0 radical (unpaired) electrons. The lowest BCUT2D eigenvalue weighted by atomic mass is 9.96. The van der Waals surface area contributed by atoms with Crippen molar-refractivity contribution in [2.24, 2.45) is 22.9 Å². The largest absolute Gasteiger partial charge is 0.394 e. The molecule has 14 N–H and O–H groups in total. The number of aliphatic hydroxyl groups is 6. The van der Waals surface area contributed by atoms with Gasteiger partial charge in [0.1, 0.15) is 49.5 Å². The van der Waals surface area contributed by atoms with Crippen LogP contribution in [0.2, 0.25) is 0 Å². The van der Waals surface area contributed by atoms with Gasteiger partial charge in [0.15, 0.2) is 6.29 Å². The van der Waals surface area contributed by atoms with E-state index in [-0.39, 0.29) is 19.9 Å². The maximum Gasteiger partial charge on any atom is 0.186 e. The first-order valence-electron chi connectivity index (χ1n) is 10.5. The molecule has 0 bridgehead atoms. The molecule has 1 saturated heterocycles. The van der Waals surface area contributed by atoms with Crippen molar-refractivity contribution in [1.29, 1.82) is 0 Å². The highest BCUT2D eigenvalue weighted by Crippen LogP contribution is 2.24. The summed E-state index contributed by atoms with van der Waals surface area (Å²) in [6, 6.07) is -1.90. The average molecular weight is 473 g/mol. The summed E-state index contributed by atoms with van der Waals surface area (Å²) >= 11 is 0. The van der Waals surface area contributed by atoms with Crippen LogP contribution in [0.5, 0.6) is 0 Å². The van der Waals surface area contributed by atoms with E-state index in [1.807, 2.05) is 0 Å². The molecule has 0 aromatic carbocycles. The van der Waals surface area contributed by atoms with Crippen molar-refractivity contribution in [1.82, 2.24) is 0 Å². The van der Waals surface area contributed by atoms with Gasteiger partial charge in [0.25, 0.3) is 0 Å². The normalized spacial score (nSPS) is 33.2. The lowest BCUT2D eigenvalue weighted by Gasteiger charge is -2.43. The van der Waals surface area contributed by atoms with E-state index in [4.69, 9.17) is 41.9 Å². The standard InChI is InChI=1S/C18H40N4O10/c1-7(21)17(32-18-16(28)12(22)15(27)11(5-23)31-18)13(25)8(2)29-6-30-10(4-20)14(26)9(24)3-19/h7-18,23-28H,3-6,19-22H2,1-2H3/t7-,8-,9?,10?,11-,12?,13?,14+,15?,16-,17?,18?/m1/s1. The Bertz CT molecular complexity index is 520. The van der Waals surface area contributed by atoms with Crippen molar-refractivity contribution in [3.05, 3.63) is 0 Å². The molecule has 1 aliphatic rings. The summed E-state index contributed by atoms with van der Waals surface area (Å²) in [5, 5.41) is 59.8. The van der Waals surface area contributed by atoms with Crippen LogP contribution >= 0.6 is 0 Å². The van der Waals surface area contributed by atoms with E-state index in [1.165, 1.54) is 6.92 Å². The molecule has 0 spiro atoms. The molecule has 0 aliphatic carbocycles. The first kappa shape index (κ1) is 29.5. The fourth-order valence-electron chi connectivity index (χ4n) is 3.19. The molecule has 0 aromatic heterocycles. The third kappa shape index (κ3) is 7.75. The van der Waals surface area contributed by atoms with E-state index in [9.17, 15) is 30.6 Å². The van der Waals surface area contributed by atoms with Gasteiger partial charge < -0.3 is 72.5 Å². The van der Waals surface area contributed by atoms with Gasteiger partial charge in [-0.15, -0.1) is 0 Å². The molecule has 1 aliphatic heterocycles. The summed E-state index contributed by atoms with van der Waals surface area (Å²) in [4.78, 5) is 0. The molecule has 14 heteroatoms. The van der Waals surface area contributed by atoms with Crippen molar-refractivity contribution in [3.63, 3.8) is 0 Å². The van der Waals surface area contributed by atoms with Crippen LogP contribution in [0.25, 0.3) is 0 Å². The monoisotopic (exact) mass is 472 g/mol. The molecule has 0 amide bonds. The molecule has 14 nitrogen and oxygen atoms in total. The molecule has 1 rings (SSSR count). The Kier molecular flexibility index (Phi) is 12.9. The van der Waals surface area contributed by atoms with Crippen LogP contribution in [0.3, 0.4) is 0 Å². The van der Waals surface area contributed by atoms with E-state index in [0.29, 0.717) is 0 Å². The van der Waals surface area contributed by atoms with Gasteiger partial charge in [-0.05, 0) is 13.8 Å². The minimum absolute atomic E-state index is 0.112. The summed E-state index contributed by atoms with van der Waals surface area (Å²) in [5.41, 5.74) is 22.5. The number of hydrogen-bond donors (Lipinski definition) is 10. The number of rotatable bonds is 14. The van der Waals surface area contributed by atoms with Gasteiger partial charge in [0, 0.05) is 19.1 Å². The number of nitrogens with two attached hydrogens (primary N) is 4. The Morgan fingerprint density at radius 2 is 1.59 bits per heavy atom. The predicted molar refractivity (Wildman–Crippen MR) is 111 cm³/mol. The highest BCUT2D eigenvalue weighted by atomic mass is 16.7. The van der Waals surface area contributed by atoms with Gasteiger partial charge in [-0.3, -0.25) is 0 Å².